The van der Waals surface area contributed by atoms with E-state index < -0.39 is 5.91 Å². The number of hydrazone groups is 1. The molecule has 4 rings (SSSR count). The predicted octanol–water partition coefficient (Wildman–Crippen LogP) is 7.33. The van der Waals surface area contributed by atoms with Crippen molar-refractivity contribution < 1.29 is 9.59 Å². The van der Waals surface area contributed by atoms with Crippen LogP contribution in [0.5, 0.6) is 0 Å². The molecular formula is C22H14Cl3N3O2S2. The molecule has 4 aromatic rings. The van der Waals surface area contributed by atoms with Gasteiger partial charge in [0, 0.05) is 15.8 Å². The van der Waals surface area contributed by atoms with Crippen LogP contribution in [-0.4, -0.2) is 17.5 Å². The number of fused-ring (bicyclic) bond motifs is 1. The first-order valence-corrected chi connectivity index (χ1v) is 12.0. The molecular weight excluding hydrogens is 509 g/mol. The summed E-state index contributed by atoms with van der Waals surface area (Å²) >= 11 is 20.9. The highest BCUT2D eigenvalue weighted by Gasteiger charge is 2.18. The molecule has 0 saturated carbocycles. The maximum Gasteiger partial charge on any atom is 0.283 e. The molecule has 5 nitrogen and oxygen atoms in total. The average Bonchev–Trinajstić information content (AvgIpc) is 3.36. The van der Waals surface area contributed by atoms with Gasteiger partial charge in [-0.05, 0) is 48.9 Å². The maximum absolute atomic E-state index is 12.7. The van der Waals surface area contributed by atoms with Crippen molar-refractivity contribution in [2.45, 2.75) is 6.92 Å². The summed E-state index contributed by atoms with van der Waals surface area (Å²) in [5.41, 5.74) is 4.43. The van der Waals surface area contributed by atoms with Crippen molar-refractivity contribution >= 4 is 90.8 Å². The van der Waals surface area contributed by atoms with Gasteiger partial charge < -0.3 is 5.32 Å². The fraction of sp³-hybridized carbons (Fsp3) is 0.0455. The van der Waals surface area contributed by atoms with E-state index in [-0.39, 0.29) is 5.91 Å². The molecule has 0 aliphatic carbocycles. The van der Waals surface area contributed by atoms with Crippen molar-refractivity contribution in [3.63, 3.8) is 0 Å². The molecule has 0 saturated heterocycles. The molecule has 2 aromatic heterocycles. The average molecular weight is 523 g/mol. The minimum Gasteiger partial charge on any atom is -0.321 e. The Labute approximate surface area is 206 Å². The summed E-state index contributed by atoms with van der Waals surface area (Å²) in [6.45, 7) is 1.75. The summed E-state index contributed by atoms with van der Waals surface area (Å²) in [5, 5.41) is 8.47. The highest BCUT2D eigenvalue weighted by atomic mass is 35.5. The van der Waals surface area contributed by atoms with E-state index in [0.717, 1.165) is 10.3 Å². The molecule has 0 bridgehead atoms. The summed E-state index contributed by atoms with van der Waals surface area (Å²) < 4.78 is 1.37. The number of amides is 2. The molecule has 10 heteroatoms. The third-order valence-electron chi connectivity index (χ3n) is 4.47. The fourth-order valence-electron chi connectivity index (χ4n) is 2.92. The number of halogens is 3. The number of benzene rings is 2. The number of nitrogens with zero attached hydrogens (tertiary/aromatic N) is 1. The van der Waals surface area contributed by atoms with Crippen LogP contribution in [0.4, 0.5) is 5.69 Å². The van der Waals surface area contributed by atoms with Crippen molar-refractivity contribution in [2.75, 3.05) is 5.32 Å². The SMILES string of the molecule is C/C(=N/NC(=O)c1sc2cccc(Cl)c2c1Cl)c1cccc(NC(=O)c2ccc(Cl)s2)c1. The highest BCUT2D eigenvalue weighted by Crippen LogP contribution is 2.39. The largest absolute Gasteiger partial charge is 0.321 e. The molecule has 0 spiro atoms. The Morgan fingerprint density at radius 3 is 2.44 bits per heavy atom. The molecule has 0 aliphatic heterocycles. The van der Waals surface area contributed by atoms with Crippen molar-refractivity contribution in [1.29, 1.82) is 0 Å². The molecule has 0 aliphatic rings. The van der Waals surface area contributed by atoms with E-state index in [9.17, 15) is 9.59 Å². The smallest absolute Gasteiger partial charge is 0.283 e. The van der Waals surface area contributed by atoms with Crippen LogP contribution in [0.3, 0.4) is 0 Å². The first-order valence-electron chi connectivity index (χ1n) is 9.21. The van der Waals surface area contributed by atoms with Gasteiger partial charge in [0.15, 0.2) is 0 Å². The zero-order chi connectivity index (χ0) is 22.8. The topological polar surface area (TPSA) is 70.6 Å². The van der Waals surface area contributed by atoms with Gasteiger partial charge in [0.2, 0.25) is 0 Å². The fourth-order valence-corrected chi connectivity index (χ4v) is 5.70. The molecule has 32 heavy (non-hydrogen) atoms. The lowest BCUT2D eigenvalue weighted by atomic mass is 10.1. The van der Waals surface area contributed by atoms with E-state index in [1.807, 2.05) is 12.1 Å². The summed E-state index contributed by atoms with van der Waals surface area (Å²) in [5.74, 6) is -0.675. The van der Waals surface area contributed by atoms with Crippen LogP contribution in [0.25, 0.3) is 10.1 Å². The van der Waals surface area contributed by atoms with Crippen molar-refractivity contribution in [3.05, 3.63) is 84.3 Å². The zero-order valence-electron chi connectivity index (χ0n) is 16.4. The second-order valence-electron chi connectivity index (χ2n) is 6.63. The van der Waals surface area contributed by atoms with Crippen LogP contribution in [0, 0.1) is 0 Å². The molecule has 0 fully saturated rings. The summed E-state index contributed by atoms with van der Waals surface area (Å²) in [4.78, 5) is 25.8. The van der Waals surface area contributed by atoms with Gasteiger partial charge >= 0.3 is 0 Å². The molecule has 2 N–H and O–H groups in total. The van der Waals surface area contributed by atoms with Gasteiger partial charge in [0.05, 0.1) is 25.0 Å². The molecule has 0 atom stereocenters. The van der Waals surface area contributed by atoms with Gasteiger partial charge in [-0.3, -0.25) is 9.59 Å². The molecule has 2 amide bonds. The number of thiophene rings is 2. The van der Waals surface area contributed by atoms with Crippen molar-refractivity contribution in [1.82, 2.24) is 5.43 Å². The van der Waals surface area contributed by atoms with E-state index in [1.54, 1.807) is 49.4 Å². The molecule has 2 aromatic carbocycles. The number of anilines is 1. The van der Waals surface area contributed by atoms with E-state index in [0.29, 0.717) is 40.9 Å². The van der Waals surface area contributed by atoms with Gasteiger partial charge in [0.25, 0.3) is 11.8 Å². The van der Waals surface area contributed by atoms with Gasteiger partial charge in [-0.15, -0.1) is 22.7 Å². The summed E-state index contributed by atoms with van der Waals surface area (Å²) in [7, 11) is 0. The lowest BCUT2D eigenvalue weighted by Gasteiger charge is -2.07. The van der Waals surface area contributed by atoms with Crippen LogP contribution < -0.4 is 10.7 Å². The number of nitrogens with one attached hydrogen (secondary N) is 2. The normalized spacial score (nSPS) is 11.6. The standard InChI is InChI=1S/C22H14Cl3N3O2S2/c1-11(12-4-2-5-13(10-12)26-21(29)16-8-9-17(24)31-16)27-28-22(30)20-19(25)18-14(23)6-3-7-15(18)32-20/h2-10H,1H3,(H,26,29)(H,28,30)/b27-11-. The Morgan fingerprint density at radius 2 is 1.72 bits per heavy atom. The van der Waals surface area contributed by atoms with E-state index in [4.69, 9.17) is 34.8 Å². The third-order valence-corrected chi connectivity index (χ3v) is 7.66. The third kappa shape index (κ3) is 4.82. The van der Waals surface area contributed by atoms with Crippen LogP contribution in [0.1, 0.15) is 31.8 Å². The van der Waals surface area contributed by atoms with Crippen molar-refractivity contribution in [3.8, 4) is 0 Å². The minimum absolute atomic E-state index is 0.250. The van der Waals surface area contributed by atoms with E-state index >= 15 is 0 Å². The Hall–Kier alpha value is -2.42. The van der Waals surface area contributed by atoms with Gasteiger partial charge in [-0.25, -0.2) is 5.43 Å². The first kappa shape index (κ1) is 22.8. The van der Waals surface area contributed by atoms with Crippen LogP contribution in [-0.2, 0) is 0 Å². The van der Waals surface area contributed by atoms with Crippen LogP contribution in [0.15, 0.2) is 59.7 Å². The van der Waals surface area contributed by atoms with Gasteiger partial charge in [-0.2, -0.15) is 5.10 Å². The Bertz CT molecular complexity index is 1380. The van der Waals surface area contributed by atoms with E-state index in [2.05, 4.69) is 15.8 Å². The Morgan fingerprint density at radius 1 is 0.938 bits per heavy atom. The first-order chi connectivity index (χ1) is 15.3. The number of carbonyl (C=O) groups excluding carboxylic acids is 2. The lowest BCUT2D eigenvalue weighted by Crippen LogP contribution is -2.18. The van der Waals surface area contributed by atoms with Gasteiger partial charge in [0.1, 0.15) is 4.88 Å². The molecule has 0 radical (unpaired) electrons. The number of hydrogen-bond acceptors (Lipinski definition) is 5. The van der Waals surface area contributed by atoms with E-state index in [1.165, 1.54) is 22.7 Å². The highest BCUT2D eigenvalue weighted by molar-refractivity contribution is 7.21. The second kappa shape index (κ2) is 9.60. The summed E-state index contributed by atoms with van der Waals surface area (Å²) in [6, 6.07) is 15.9. The van der Waals surface area contributed by atoms with Crippen molar-refractivity contribution in [2.24, 2.45) is 5.10 Å². The number of rotatable bonds is 5. The van der Waals surface area contributed by atoms with Crippen LogP contribution >= 0.6 is 57.5 Å². The molecule has 0 unspecified atom stereocenters. The molecule has 2 heterocycles. The maximum atomic E-state index is 12.7. The number of carbonyl (C=O) groups is 2. The Balaban J connectivity index is 1.49. The Kier molecular flexibility index (Phi) is 6.83. The zero-order valence-corrected chi connectivity index (χ0v) is 20.3. The molecule has 162 valence electrons. The second-order valence-corrected chi connectivity index (χ2v) is 10.2. The van der Waals surface area contributed by atoms with Crippen LogP contribution in [0.2, 0.25) is 14.4 Å². The quantitative estimate of drug-likeness (QED) is 0.213. The minimum atomic E-state index is -0.425. The lowest BCUT2D eigenvalue weighted by molar-refractivity contribution is 0.0958. The van der Waals surface area contributed by atoms with Gasteiger partial charge in [-0.1, -0.05) is 53.0 Å². The summed E-state index contributed by atoms with van der Waals surface area (Å²) in [6.07, 6.45) is 0. The predicted molar refractivity (Wildman–Crippen MR) is 135 cm³/mol. The number of hydrogen-bond donors (Lipinski definition) is 2. The monoisotopic (exact) mass is 521 g/mol.